The molecule has 1 heterocycles. The number of carboxylic acids is 1. The minimum Gasteiger partial charge on any atom is -0.542 e. The number of hydrogen-bond acceptors (Lipinski definition) is 4. The maximum atomic E-state index is 12.3. The van der Waals surface area contributed by atoms with E-state index >= 15 is 0 Å². The Morgan fingerprint density at radius 1 is 1.67 bits per heavy atom. The predicted octanol–water partition coefficient (Wildman–Crippen LogP) is 0.199. The second-order valence-corrected chi connectivity index (χ2v) is 3.63. The van der Waals surface area contributed by atoms with Crippen molar-refractivity contribution in [1.82, 2.24) is 0 Å². The molecule has 1 saturated heterocycles. The first kappa shape index (κ1) is 9.73. The molecule has 0 bridgehead atoms. The summed E-state index contributed by atoms with van der Waals surface area (Å²) >= 11 is 1.19. The fourth-order valence-electron chi connectivity index (χ4n) is 0.854. The van der Waals surface area contributed by atoms with Crippen LogP contribution in [0.2, 0.25) is 0 Å². The zero-order chi connectivity index (χ0) is 9.19. The van der Waals surface area contributed by atoms with E-state index in [2.05, 4.69) is 4.74 Å². The van der Waals surface area contributed by atoms with Gasteiger partial charge in [0.25, 0.3) is 0 Å². The van der Waals surface area contributed by atoms with E-state index in [0.717, 1.165) is 12.2 Å². The van der Waals surface area contributed by atoms with Crippen molar-refractivity contribution in [2.24, 2.45) is 0 Å². The third-order valence-corrected chi connectivity index (χ3v) is 2.63. The van der Waals surface area contributed by atoms with Crippen molar-refractivity contribution in [3.05, 3.63) is 0 Å². The van der Waals surface area contributed by atoms with Gasteiger partial charge in [0.15, 0.2) is 0 Å². The van der Waals surface area contributed by atoms with Crippen LogP contribution in [0.15, 0.2) is 0 Å². The van der Waals surface area contributed by atoms with Crippen LogP contribution in [0, 0.1) is 0 Å². The molecule has 1 aliphatic rings. The second-order valence-electron chi connectivity index (χ2n) is 2.36. The summed E-state index contributed by atoms with van der Waals surface area (Å²) in [6.45, 7) is 0. The average molecular weight is 197 g/mol. The van der Waals surface area contributed by atoms with Crippen molar-refractivity contribution in [2.75, 3.05) is 5.75 Å². The molecule has 1 aliphatic heterocycles. The minimum absolute atomic E-state index is 0.466. The molecule has 0 radical (unpaired) electrons. The van der Waals surface area contributed by atoms with Crippen LogP contribution in [0.25, 0.3) is 0 Å². The molecule has 0 amide bonds. The summed E-state index contributed by atoms with van der Waals surface area (Å²) in [7, 11) is 0. The Kier molecular flexibility index (Phi) is 2.89. The lowest BCUT2D eigenvalue weighted by atomic mass is 10.4. The monoisotopic (exact) mass is 197 g/mol. The molecule has 12 heavy (non-hydrogen) atoms. The molecular formula is C6H7F2O3S-. The Balaban J connectivity index is 2.42. The molecule has 0 spiro atoms. The normalized spacial score (nSPS) is 24.3. The highest BCUT2D eigenvalue weighted by Gasteiger charge is 2.36. The third-order valence-electron chi connectivity index (χ3n) is 1.41. The van der Waals surface area contributed by atoms with Crippen LogP contribution < -0.4 is 5.11 Å². The fourth-order valence-corrected chi connectivity index (χ4v) is 1.97. The van der Waals surface area contributed by atoms with Crippen LogP contribution in [0.5, 0.6) is 0 Å². The van der Waals surface area contributed by atoms with E-state index < -0.39 is 17.5 Å². The van der Waals surface area contributed by atoms with Crippen LogP contribution in [0.3, 0.4) is 0 Å². The van der Waals surface area contributed by atoms with E-state index in [9.17, 15) is 18.7 Å². The summed E-state index contributed by atoms with van der Waals surface area (Å²) in [6.07, 6.45) is -2.91. The number of aliphatic carboxylic acids is 1. The second kappa shape index (κ2) is 3.57. The van der Waals surface area contributed by atoms with Crippen molar-refractivity contribution in [3.63, 3.8) is 0 Å². The summed E-state index contributed by atoms with van der Waals surface area (Å²) in [6, 6.07) is 0. The van der Waals surface area contributed by atoms with Gasteiger partial charge < -0.3 is 14.6 Å². The van der Waals surface area contributed by atoms with Gasteiger partial charge in [-0.25, -0.2) is 0 Å². The zero-order valence-electron chi connectivity index (χ0n) is 6.09. The van der Waals surface area contributed by atoms with Gasteiger partial charge in [-0.1, -0.05) is 0 Å². The Hall–Kier alpha value is -0.360. The van der Waals surface area contributed by atoms with Crippen LogP contribution >= 0.6 is 11.8 Å². The van der Waals surface area contributed by atoms with Crippen molar-refractivity contribution < 1.29 is 23.4 Å². The highest BCUT2D eigenvalue weighted by Crippen LogP contribution is 2.31. The summed E-state index contributed by atoms with van der Waals surface area (Å²) in [5.41, 5.74) is -0.710. The van der Waals surface area contributed by atoms with Crippen LogP contribution in [-0.2, 0) is 9.53 Å². The Labute approximate surface area is 72.1 Å². The number of carboxylic acid groups (broad SMARTS) is 1. The Morgan fingerprint density at radius 2 is 2.33 bits per heavy atom. The largest absolute Gasteiger partial charge is 0.542 e. The zero-order valence-corrected chi connectivity index (χ0v) is 6.90. The van der Waals surface area contributed by atoms with Crippen LogP contribution in [-0.4, -0.2) is 23.3 Å². The Morgan fingerprint density at radius 3 is 2.75 bits per heavy atom. The van der Waals surface area contributed by atoms with Gasteiger partial charge in [-0.15, -0.1) is 11.8 Å². The highest BCUT2D eigenvalue weighted by molar-refractivity contribution is 8.00. The van der Waals surface area contributed by atoms with Crippen molar-refractivity contribution in [2.45, 2.75) is 24.4 Å². The van der Waals surface area contributed by atoms with E-state index in [1.165, 1.54) is 11.8 Å². The lowest BCUT2D eigenvalue weighted by molar-refractivity contribution is -0.364. The number of thioether (sulfide) groups is 1. The smallest absolute Gasteiger partial charge is 0.398 e. The summed E-state index contributed by atoms with van der Waals surface area (Å²) < 4.78 is 28.6. The van der Waals surface area contributed by atoms with Gasteiger partial charge in [0.2, 0.25) is 0 Å². The van der Waals surface area contributed by atoms with E-state index in [1.807, 2.05) is 0 Å². The molecule has 1 unspecified atom stereocenters. The first-order chi connectivity index (χ1) is 5.52. The molecule has 0 saturated carbocycles. The molecule has 6 heteroatoms. The predicted molar refractivity (Wildman–Crippen MR) is 36.5 cm³/mol. The van der Waals surface area contributed by atoms with Gasteiger partial charge in [0, 0.05) is 0 Å². The SMILES string of the molecule is O=C([O-])C(F)(F)OC1CCCS1. The molecular weight excluding hydrogens is 190 g/mol. The topological polar surface area (TPSA) is 49.4 Å². The number of hydrogen-bond donors (Lipinski definition) is 0. The van der Waals surface area contributed by atoms with Gasteiger partial charge in [-0.3, -0.25) is 0 Å². The molecule has 1 fully saturated rings. The molecule has 70 valence electrons. The molecule has 1 rings (SSSR count). The lowest BCUT2D eigenvalue weighted by Gasteiger charge is -2.20. The average Bonchev–Trinajstić information content (AvgIpc) is 2.38. The fraction of sp³-hybridized carbons (Fsp3) is 0.833. The summed E-state index contributed by atoms with van der Waals surface area (Å²) in [5, 5.41) is 9.81. The maximum Gasteiger partial charge on any atom is 0.398 e. The van der Waals surface area contributed by atoms with Crippen LogP contribution in [0.1, 0.15) is 12.8 Å². The molecule has 0 aromatic carbocycles. The number of halogens is 2. The first-order valence-electron chi connectivity index (χ1n) is 3.41. The number of carbonyl (C=O) groups is 1. The number of carbonyl (C=O) groups excluding carboxylic acids is 1. The molecule has 0 aliphatic carbocycles. The summed E-state index contributed by atoms with van der Waals surface area (Å²) in [5.74, 6) is -1.75. The Bertz CT molecular complexity index is 180. The third kappa shape index (κ3) is 2.31. The molecule has 0 aromatic heterocycles. The van der Waals surface area contributed by atoms with Crippen molar-refractivity contribution in [1.29, 1.82) is 0 Å². The molecule has 0 N–H and O–H groups in total. The van der Waals surface area contributed by atoms with Gasteiger partial charge in [-0.05, 0) is 18.6 Å². The van der Waals surface area contributed by atoms with E-state index in [4.69, 9.17) is 0 Å². The molecule has 3 nitrogen and oxygen atoms in total. The van der Waals surface area contributed by atoms with Gasteiger partial charge in [0.1, 0.15) is 11.4 Å². The van der Waals surface area contributed by atoms with E-state index in [-0.39, 0.29) is 0 Å². The number of ether oxygens (including phenoxy) is 1. The summed E-state index contributed by atoms with van der Waals surface area (Å²) in [4.78, 5) is 9.81. The standard InChI is InChI=1S/C6H8F2O3S/c7-6(8,5(9)10)11-4-2-1-3-12-4/h4H,1-3H2,(H,9,10)/p-1. The van der Waals surface area contributed by atoms with Crippen molar-refractivity contribution >= 4 is 17.7 Å². The molecule has 1 atom stereocenters. The number of rotatable bonds is 3. The van der Waals surface area contributed by atoms with E-state index in [0.29, 0.717) is 6.42 Å². The first-order valence-corrected chi connectivity index (χ1v) is 4.46. The van der Waals surface area contributed by atoms with Crippen LogP contribution in [0.4, 0.5) is 8.78 Å². The lowest BCUT2D eigenvalue weighted by Crippen LogP contribution is -2.44. The van der Waals surface area contributed by atoms with Gasteiger partial charge in [-0.2, -0.15) is 8.78 Å². The quantitative estimate of drug-likeness (QED) is 0.648. The number of alkyl halides is 2. The molecule has 0 aromatic rings. The van der Waals surface area contributed by atoms with Crippen molar-refractivity contribution in [3.8, 4) is 0 Å². The van der Waals surface area contributed by atoms with E-state index in [1.54, 1.807) is 0 Å². The van der Waals surface area contributed by atoms with Gasteiger partial charge in [0.05, 0.1) is 0 Å². The highest BCUT2D eigenvalue weighted by atomic mass is 32.2. The minimum atomic E-state index is -4.15. The van der Waals surface area contributed by atoms with Gasteiger partial charge >= 0.3 is 6.11 Å². The maximum absolute atomic E-state index is 12.3.